The number of aromatic nitrogens is 2. The van der Waals surface area contributed by atoms with E-state index < -0.39 is 0 Å². The van der Waals surface area contributed by atoms with Crippen molar-refractivity contribution in [1.29, 1.82) is 0 Å². The number of rotatable bonds is 7. The second-order valence-corrected chi connectivity index (χ2v) is 7.45. The lowest BCUT2D eigenvalue weighted by atomic mass is 9.96. The standard InChI is InChI=1S/C22H29N3O4/c1-3-5-8-13-25-20(26)18-10-7-6-9-17(18)19(23-25)21(27)24-14-11-16(12-15-24)22(28)29-4-2/h6-7,9-10,16H,3-5,8,11-15H2,1-2H3. The molecule has 1 amide bonds. The number of aryl methyl sites for hydroxylation is 1. The van der Waals surface area contributed by atoms with Crippen LogP contribution in [0.25, 0.3) is 10.8 Å². The fourth-order valence-corrected chi connectivity index (χ4v) is 3.78. The summed E-state index contributed by atoms with van der Waals surface area (Å²) in [7, 11) is 0. The first-order chi connectivity index (χ1) is 14.1. The van der Waals surface area contributed by atoms with Crippen molar-refractivity contribution in [2.75, 3.05) is 19.7 Å². The highest BCUT2D eigenvalue weighted by Gasteiger charge is 2.30. The Morgan fingerprint density at radius 3 is 2.45 bits per heavy atom. The Bertz CT molecular complexity index is 929. The van der Waals surface area contributed by atoms with E-state index in [1.54, 1.807) is 30.0 Å². The van der Waals surface area contributed by atoms with Gasteiger partial charge in [-0.3, -0.25) is 14.4 Å². The molecule has 29 heavy (non-hydrogen) atoms. The van der Waals surface area contributed by atoms with Gasteiger partial charge in [-0.15, -0.1) is 0 Å². The fourth-order valence-electron chi connectivity index (χ4n) is 3.78. The number of fused-ring (bicyclic) bond motifs is 1. The Hall–Kier alpha value is -2.70. The molecular weight excluding hydrogens is 370 g/mol. The number of hydrogen-bond acceptors (Lipinski definition) is 5. The smallest absolute Gasteiger partial charge is 0.309 e. The Labute approximate surface area is 170 Å². The summed E-state index contributed by atoms with van der Waals surface area (Å²) in [6.45, 7) is 5.73. The molecular formula is C22H29N3O4. The van der Waals surface area contributed by atoms with Gasteiger partial charge in [-0.05, 0) is 32.3 Å². The van der Waals surface area contributed by atoms with Gasteiger partial charge in [0.1, 0.15) is 0 Å². The van der Waals surface area contributed by atoms with E-state index in [-0.39, 0.29) is 23.4 Å². The molecule has 0 bridgehead atoms. The van der Waals surface area contributed by atoms with Crippen LogP contribution in [0.4, 0.5) is 0 Å². The van der Waals surface area contributed by atoms with Gasteiger partial charge in [-0.25, -0.2) is 4.68 Å². The molecule has 2 aromatic rings. The lowest BCUT2D eigenvalue weighted by molar-refractivity contribution is -0.149. The molecule has 0 N–H and O–H groups in total. The number of carbonyl (C=O) groups excluding carboxylic acids is 2. The fraction of sp³-hybridized carbons (Fsp3) is 0.545. The molecule has 156 valence electrons. The molecule has 0 unspecified atom stereocenters. The van der Waals surface area contributed by atoms with Crippen molar-refractivity contribution in [1.82, 2.24) is 14.7 Å². The van der Waals surface area contributed by atoms with Crippen molar-refractivity contribution in [3.05, 3.63) is 40.3 Å². The highest BCUT2D eigenvalue weighted by Crippen LogP contribution is 2.22. The maximum absolute atomic E-state index is 13.2. The third-order valence-corrected chi connectivity index (χ3v) is 5.45. The number of likely N-dealkylation sites (tertiary alicyclic amines) is 1. The van der Waals surface area contributed by atoms with E-state index in [1.165, 1.54) is 4.68 Å². The summed E-state index contributed by atoms with van der Waals surface area (Å²) in [4.78, 5) is 39.7. The third kappa shape index (κ3) is 4.66. The lowest BCUT2D eigenvalue weighted by Gasteiger charge is -2.30. The van der Waals surface area contributed by atoms with Gasteiger partial charge in [0.05, 0.1) is 17.9 Å². The van der Waals surface area contributed by atoms with E-state index in [0.29, 0.717) is 55.5 Å². The second-order valence-electron chi connectivity index (χ2n) is 7.45. The van der Waals surface area contributed by atoms with Gasteiger partial charge < -0.3 is 9.64 Å². The monoisotopic (exact) mass is 399 g/mol. The number of ether oxygens (including phenoxy) is 1. The largest absolute Gasteiger partial charge is 0.466 e. The minimum atomic E-state index is -0.187. The van der Waals surface area contributed by atoms with E-state index in [0.717, 1.165) is 19.3 Å². The molecule has 7 heteroatoms. The Kier molecular flexibility index (Phi) is 7.01. The van der Waals surface area contributed by atoms with Gasteiger partial charge in [0, 0.05) is 25.0 Å². The number of carbonyl (C=O) groups is 2. The third-order valence-electron chi connectivity index (χ3n) is 5.45. The summed E-state index contributed by atoms with van der Waals surface area (Å²) in [5, 5.41) is 5.55. The van der Waals surface area contributed by atoms with Crippen LogP contribution >= 0.6 is 0 Å². The predicted molar refractivity (Wildman–Crippen MR) is 111 cm³/mol. The van der Waals surface area contributed by atoms with Gasteiger partial charge in [0.15, 0.2) is 5.69 Å². The van der Waals surface area contributed by atoms with Crippen LogP contribution in [0.5, 0.6) is 0 Å². The SMILES string of the molecule is CCCCCn1nc(C(=O)N2CCC(C(=O)OCC)CC2)c2ccccc2c1=O. The topological polar surface area (TPSA) is 81.5 Å². The van der Waals surface area contributed by atoms with Crippen LogP contribution in [-0.2, 0) is 16.1 Å². The zero-order chi connectivity index (χ0) is 20.8. The van der Waals surface area contributed by atoms with Crippen LogP contribution in [0.15, 0.2) is 29.1 Å². The Balaban J connectivity index is 1.85. The van der Waals surface area contributed by atoms with Gasteiger partial charge in [0.25, 0.3) is 11.5 Å². The molecule has 3 rings (SSSR count). The van der Waals surface area contributed by atoms with Crippen LogP contribution in [0.2, 0.25) is 0 Å². The molecule has 7 nitrogen and oxygen atoms in total. The first-order valence-corrected chi connectivity index (χ1v) is 10.5. The molecule has 0 radical (unpaired) electrons. The zero-order valence-corrected chi connectivity index (χ0v) is 17.2. The number of unbranched alkanes of at least 4 members (excludes halogenated alkanes) is 2. The second kappa shape index (κ2) is 9.67. The molecule has 1 aliphatic heterocycles. The van der Waals surface area contributed by atoms with E-state index in [9.17, 15) is 14.4 Å². The quantitative estimate of drug-likeness (QED) is 0.528. The number of nitrogens with zero attached hydrogens (tertiary/aromatic N) is 3. The number of piperidine rings is 1. The van der Waals surface area contributed by atoms with Crippen LogP contribution in [0.3, 0.4) is 0 Å². The van der Waals surface area contributed by atoms with Crippen LogP contribution in [0, 0.1) is 5.92 Å². The molecule has 1 aromatic heterocycles. The first kappa shape index (κ1) is 21.0. The first-order valence-electron chi connectivity index (χ1n) is 10.5. The average molecular weight is 399 g/mol. The molecule has 1 aromatic carbocycles. The maximum atomic E-state index is 13.2. The van der Waals surface area contributed by atoms with Crippen LogP contribution in [0.1, 0.15) is 56.4 Å². The number of amides is 1. The minimum Gasteiger partial charge on any atom is -0.466 e. The van der Waals surface area contributed by atoms with E-state index in [4.69, 9.17) is 4.74 Å². The van der Waals surface area contributed by atoms with Crippen molar-refractivity contribution >= 4 is 22.6 Å². The maximum Gasteiger partial charge on any atom is 0.309 e. The summed E-state index contributed by atoms with van der Waals surface area (Å²) in [6.07, 6.45) is 4.06. The number of benzene rings is 1. The van der Waals surface area contributed by atoms with Gasteiger partial charge in [-0.1, -0.05) is 38.0 Å². The van der Waals surface area contributed by atoms with Gasteiger partial charge in [0.2, 0.25) is 0 Å². The summed E-state index contributed by atoms with van der Waals surface area (Å²) in [6, 6.07) is 7.14. The summed E-state index contributed by atoms with van der Waals surface area (Å²) in [5.74, 6) is -0.535. The molecule has 0 atom stereocenters. The Morgan fingerprint density at radius 1 is 1.10 bits per heavy atom. The molecule has 0 aliphatic carbocycles. The van der Waals surface area contributed by atoms with E-state index in [2.05, 4.69) is 12.0 Å². The molecule has 1 aliphatic rings. The van der Waals surface area contributed by atoms with Gasteiger partial charge >= 0.3 is 5.97 Å². The van der Waals surface area contributed by atoms with Crippen molar-refractivity contribution in [3.8, 4) is 0 Å². The van der Waals surface area contributed by atoms with E-state index in [1.807, 2.05) is 6.07 Å². The van der Waals surface area contributed by atoms with Crippen molar-refractivity contribution in [2.24, 2.45) is 5.92 Å². The summed E-state index contributed by atoms with van der Waals surface area (Å²) >= 11 is 0. The normalized spacial score (nSPS) is 14.9. The Morgan fingerprint density at radius 2 is 1.79 bits per heavy atom. The average Bonchev–Trinajstić information content (AvgIpc) is 2.75. The van der Waals surface area contributed by atoms with Crippen LogP contribution < -0.4 is 5.56 Å². The molecule has 1 saturated heterocycles. The number of hydrogen-bond donors (Lipinski definition) is 0. The molecule has 1 fully saturated rings. The van der Waals surface area contributed by atoms with Crippen molar-refractivity contribution < 1.29 is 14.3 Å². The number of esters is 1. The zero-order valence-electron chi connectivity index (χ0n) is 17.2. The molecule has 0 spiro atoms. The lowest BCUT2D eigenvalue weighted by Crippen LogP contribution is -2.41. The molecule has 0 saturated carbocycles. The van der Waals surface area contributed by atoms with E-state index >= 15 is 0 Å². The summed E-state index contributed by atoms with van der Waals surface area (Å²) < 4.78 is 6.53. The minimum absolute atomic E-state index is 0.158. The molecule has 2 heterocycles. The van der Waals surface area contributed by atoms with Crippen molar-refractivity contribution in [3.63, 3.8) is 0 Å². The summed E-state index contributed by atoms with van der Waals surface area (Å²) in [5.41, 5.74) is 0.153. The van der Waals surface area contributed by atoms with Gasteiger partial charge in [-0.2, -0.15) is 5.10 Å². The van der Waals surface area contributed by atoms with Crippen LogP contribution in [-0.4, -0.2) is 46.3 Å². The highest BCUT2D eigenvalue weighted by molar-refractivity contribution is 6.04. The predicted octanol–water partition coefficient (Wildman–Crippen LogP) is 3.00. The highest BCUT2D eigenvalue weighted by atomic mass is 16.5. The van der Waals surface area contributed by atoms with Crippen molar-refractivity contribution in [2.45, 2.75) is 52.5 Å².